The number of imidazole rings is 1. The van der Waals surface area contributed by atoms with Crippen LogP contribution < -0.4 is 5.32 Å². The van der Waals surface area contributed by atoms with Crippen LogP contribution in [0.5, 0.6) is 0 Å². The maximum absolute atomic E-state index is 4.62. The van der Waals surface area contributed by atoms with Crippen molar-refractivity contribution < 1.29 is 0 Å². The van der Waals surface area contributed by atoms with Gasteiger partial charge in [-0.05, 0) is 23.8 Å². The first-order chi connectivity index (χ1) is 12.2. The summed E-state index contributed by atoms with van der Waals surface area (Å²) in [5, 5.41) is 3.41. The van der Waals surface area contributed by atoms with Gasteiger partial charge in [0.25, 0.3) is 0 Å². The molecule has 0 atom stereocenters. The van der Waals surface area contributed by atoms with Crippen LogP contribution in [0.4, 0.5) is 0 Å². The molecule has 0 aliphatic carbocycles. The van der Waals surface area contributed by atoms with E-state index in [9.17, 15) is 0 Å². The molecule has 0 unspecified atom stereocenters. The first-order valence-corrected chi connectivity index (χ1v) is 9.04. The van der Waals surface area contributed by atoms with Crippen molar-refractivity contribution in [2.75, 3.05) is 20.6 Å². The number of hydrogen-bond acceptors (Lipinski definition) is 2. The summed E-state index contributed by atoms with van der Waals surface area (Å²) < 4.78 is 3.16. The SMILES string of the molecule is CN=C(NCCc1cn2ccccc2n1)N(C)Cc1ccccc1Br.I. The van der Waals surface area contributed by atoms with Crippen LogP contribution in [0.1, 0.15) is 11.3 Å². The number of pyridine rings is 1. The summed E-state index contributed by atoms with van der Waals surface area (Å²) in [5.74, 6) is 0.875. The molecule has 0 amide bonds. The molecule has 5 nitrogen and oxygen atoms in total. The second-order valence-electron chi connectivity index (χ2n) is 5.87. The Hall–Kier alpha value is -1.61. The summed E-state index contributed by atoms with van der Waals surface area (Å²) in [5.41, 5.74) is 3.28. The minimum absolute atomic E-state index is 0. The molecule has 3 aromatic rings. The lowest BCUT2D eigenvalue weighted by Crippen LogP contribution is -2.39. The lowest BCUT2D eigenvalue weighted by atomic mass is 10.2. The minimum Gasteiger partial charge on any atom is -0.356 e. The number of benzene rings is 1. The van der Waals surface area contributed by atoms with Gasteiger partial charge in [0.1, 0.15) is 5.65 Å². The van der Waals surface area contributed by atoms with Crippen LogP contribution in [-0.4, -0.2) is 40.9 Å². The zero-order chi connectivity index (χ0) is 17.6. The van der Waals surface area contributed by atoms with Gasteiger partial charge in [-0.1, -0.05) is 40.2 Å². The van der Waals surface area contributed by atoms with E-state index in [-0.39, 0.29) is 24.0 Å². The van der Waals surface area contributed by atoms with Gasteiger partial charge < -0.3 is 14.6 Å². The first-order valence-electron chi connectivity index (χ1n) is 8.25. The summed E-state index contributed by atoms with van der Waals surface area (Å²) >= 11 is 3.60. The first kappa shape index (κ1) is 20.7. The molecular formula is C19H23BrIN5. The average Bonchev–Trinajstić information content (AvgIpc) is 3.03. The molecule has 138 valence electrons. The Morgan fingerprint density at radius 3 is 2.73 bits per heavy atom. The third-order valence-electron chi connectivity index (χ3n) is 4.02. The highest BCUT2D eigenvalue weighted by molar-refractivity contribution is 14.0. The second-order valence-corrected chi connectivity index (χ2v) is 6.72. The molecule has 0 saturated heterocycles. The Balaban J connectivity index is 0.00000243. The molecule has 0 spiro atoms. The zero-order valence-corrected chi connectivity index (χ0v) is 18.8. The summed E-state index contributed by atoms with van der Waals surface area (Å²) in [6.45, 7) is 1.58. The molecule has 2 heterocycles. The van der Waals surface area contributed by atoms with Crippen LogP contribution >= 0.6 is 39.9 Å². The molecule has 0 bridgehead atoms. The standard InChI is InChI=1S/C19H22BrN5.HI/c1-21-19(24(2)13-15-7-3-4-8-17(15)20)22-11-10-16-14-25-12-6-5-9-18(25)23-16;/h3-9,12,14H,10-11,13H2,1-2H3,(H,21,22);1H. The predicted octanol–water partition coefficient (Wildman–Crippen LogP) is 3.96. The Bertz CT molecular complexity index is 844. The van der Waals surface area contributed by atoms with Crippen molar-refractivity contribution in [3.05, 3.63) is 70.6 Å². The van der Waals surface area contributed by atoms with Crippen molar-refractivity contribution >= 4 is 51.5 Å². The molecule has 26 heavy (non-hydrogen) atoms. The quantitative estimate of drug-likeness (QED) is 0.310. The molecule has 2 aromatic heterocycles. The number of halogens is 2. The number of nitrogens with one attached hydrogen (secondary N) is 1. The van der Waals surface area contributed by atoms with E-state index >= 15 is 0 Å². The number of hydrogen-bond donors (Lipinski definition) is 1. The fraction of sp³-hybridized carbons (Fsp3) is 0.263. The number of fused-ring (bicyclic) bond motifs is 1. The van der Waals surface area contributed by atoms with Gasteiger partial charge >= 0.3 is 0 Å². The molecule has 0 fully saturated rings. The monoisotopic (exact) mass is 527 g/mol. The predicted molar refractivity (Wildman–Crippen MR) is 121 cm³/mol. The molecule has 3 rings (SSSR count). The van der Waals surface area contributed by atoms with Gasteiger partial charge in [0, 0.05) is 50.5 Å². The van der Waals surface area contributed by atoms with Gasteiger partial charge in [-0.3, -0.25) is 4.99 Å². The number of aromatic nitrogens is 2. The van der Waals surface area contributed by atoms with Gasteiger partial charge in [-0.2, -0.15) is 0 Å². The van der Waals surface area contributed by atoms with Crippen molar-refractivity contribution in [3.8, 4) is 0 Å². The lowest BCUT2D eigenvalue weighted by Gasteiger charge is -2.22. The van der Waals surface area contributed by atoms with Gasteiger partial charge in [-0.25, -0.2) is 4.98 Å². The van der Waals surface area contributed by atoms with Crippen LogP contribution in [0.2, 0.25) is 0 Å². The molecule has 0 saturated carbocycles. The van der Waals surface area contributed by atoms with Crippen LogP contribution in [0.25, 0.3) is 5.65 Å². The Morgan fingerprint density at radius 1 is 1.23 bits per heavy atom. The fourth-order valence-electron chi connectivity index (χ4n) is 2.75. The highest BCUT2D eigenvalue weighted by atomic mass is 127. The summed E-state index contributed by atoms with van der Waals surface area (Å²) in [7, 11) is 3.85. The molecule has 0 aliphatic rings. The van der Waals surface area contributed by atoms with Crippen LogP contribution in [-0.2, 0) is 13.0 Å². The number of guanidine groups is 1. The Labute approximate surface area is 179 Å². The zero-order valence-electron chi connectivity index (χ0n) is 14.9. The van der Waals surface area contributed by atoms with Crippen LogP contribution in [0.15, 0.2) is 64.3 Å². The van der Waals surface area contributed by atoms with Gasteiger partial charge in [0.15, 0.2) is 5.96 Å². The second kappa shape index (κ2) is 9.91. The molecular weight excluding hydrogens is 505 g/mol. The Kier molecular flexibility index (Phi) is 7.89. The van der Waals surface area contributed by atoms with Gasteiger partial charge in [-0.15, -0.1) is 24.0 Å². The van der Waals surface area contributed by atoms with Crippen LogP contribution in [0, 0.1) is 0 Å². The third kappa shape index (κ3) is 5.20. The lowest BCUT2D eigenvalue weighted by molar-refractivity contribution is 0.476. The normalized spacial score (nSPS) is 11.3. The van der Waals surface area contributed by atoms with Gasteiger partial charge in [0.05, 0.1) is 5.69 Å². The van der Waals surface area contributed by atoms with Crippen molar-refractivity contribution in [1.82, 2.24) is 19.6 Å². The van der Waals surface area contributed by atoms with Gasteiger partial charge in [0.2, 0.25) is 0 Å². The van der Waals surface area contributed by atoms with E-state index in [2.05, 4.69) is 54.5 Å². The van der Waals surface area contributed by atoms with Crippen molar-refractivity contribution in [2.24, 2.45) is 4.99 Å². The number of aliphatic imine (C=N–C) groups is 1. The molecule has 1 aromatic carbocycles. The number of rotatable bonds is 5. The summed E-state index contributed by atoms with van der Waals surface area (Å²) in [6, 6.07) is 14.3. The van der Waals surface area contributed by atoms with E-state index in [4.69, 9.17) is 0 Å². The van der Waals surface area contributed by atoms with E-state index in [0.29, 0.717) is 0 Å². The van der Waals surface area contributed by atoms with Crippen molar-refractivity contribution in [1.29, 1.82) is 0 Å². The minimum atomic E-state index is 0. The summed E-state index contributed by atoms with van der Waals surface area (Å²) in [6.07, 6.45) is 4.94. The van der Waals surface area contributed by atoms with E-state index in [1.54, 1.807) is 0 Å². The van der Waals surface area contributed by atoms with E-state index in [0.717, 1.165) is 41.3 Å². The van der Waals surface area contributed by atoms with Crippen LogP contribution in [0.3, 0.4) is 0 Å². The molecule has 0 radical (unpaired) electrons. The average molecular weight is 528 g/mol. The van der Waals surface area contributed by atoms with E-state index in [1.165, 1.54) is 5.56 Å². The highest BCUT2D eigenvalue weighted by Gasteiger charge is 2.09. The fourth-order valence-corrected chi connectivity index (χ4v) is 3.16. The molecule has 1 N–H and O–H groups in total. The maximum Gasteiger partial charge on any atom is 0.193 e. The third-order valence-corrected chi connectivity index (χ3v) is 4.79. The number of nitrogens with zero attached hydrogens (tertiary/aromatic N) is 4. The molecule has 0 aliphatic heterocycles. The smallest absolute Gasteiger partial charge is 0.193 e. The van der Waals surface area contributed by atoms with E-state index in [1.807, 2.05) is 55.0 Å². The maximum atomic E-state index is 4.62. The van der Waals surface area contributed by atoms with Crippen molar-refractivity contribution in [3.63, 3.8) is 0 Å². The topological polar surface area (TPSA) is 44.9 Å². The summed E-state index contributed by atoms with van der Waals surface area (Å²) in [4.78, 5) is 11.1. The largest absolute Gasteiger partial charge is 0.356 e. The highest BCUT2D eigenvalue weighted by Crippen LogP contribution is 2.17. The Morgan fingerprint density at radius 2 is 2.00 bits per heavy atom. The van der Waals surface area contributed by atoms with Crippen molar-refractivity contribution in [2.45, 2.75) is 13.0 Å². The van der Waals surface area contributed by atoms with E-state index < -0.39 is 0 Å². The molecule has 7 heteroatoms.